The smallest absolute Gasteiger partial charge is 0.497 e. The molecule has 1 aromatic heterocycles. The summed E-state index contributed by atoms with van der Waals surface area (Å²) in [4.78, 5) is 24.4. The fraction of sp³-hybridized carbons (Fsp3) is 0.200. The Balaban J connectivity index is 1.53. The van der Waals surface area contributed by atoms with Crippen LogP contribution in [-0.4, -0.2) is 53.2 Å². The van der Waals surface area contributed by atoms with Crippen molar-refractivity contribution >= 4 is 26.7 Å². The average molecular weight is 564 g/mol. The molecule has 204 valence electrons. The number of alkyl halides is 3. The molecule has 1 N–H and O–H groups in total. The molecule has 0 fully saturated rings. The third-order valence-corrected chi connectivity index (χ3v) is 7.90. The Kier molecular flexibility index (Phi) is 7.58. The van der Waals surface area contributed by atoms with E-state index < -0.39 is 45.1 Å². The molecule has 0 aliphatic carbocycles. The normalized spacial score (nSPS) is 12.7. The molecule has 0 bridgehead atoms. The topological polar surface area (TPSA) is 138 Å². The van der Waals surface area contributed by atoms with Crippen LogP contribution in [0.1, 0.15) is 6.42 Å². The molecule has 0 spiro atoms. The van der Waals surface area contributed by atoms with E-state index >= 15 is 0 Å². The second-order valence-electron chi connectivity index (χ2n) is 8.26. The summed E-state index contributed by atoms with van der Waals surface area (Å²) in [6.07, 6.45) is -5.29. The van der Waals surface area contributed by atoms with Gasteiger partial charge in [0.15, 0.2) is 15.1 Å². The molecule has 1 heterocycles. The summed E-state index contributed by atoms with van der Waals surface area (Å²) in [5, 5.41) is 15.7. The standard InChI is InChI=1S/C25H20F3N3O7S/c1-37-18-8-11-20-21(14-18)29-30-31(23(20)32)13-12-22(24(33)34)39(35,36)19-9-4-16(5-10-19)15-2-6-17(7-3-15)38-25(26,27)28/h2-11,14,22H,12-13H2,1H3,(H,33,34). The van der Waals surface area contributed by atoms with Crippen molar-refractivity contribution in [1.82, 2.24) is 15.0 Å². The zero-order valence-corrected chi connectivity index (χ0v) is 20.9. The minimum atomic E-state index is -4.83. The summed E-state index contributed by atoms with van der Waals surface area (Å²) in [7, 11) is -2.94. The molecule has 0 amide bonds. The maximum Gasteiger partial charge on any atom is 0.573 e. The number of aryl methyl sites for hydroxylation is 1. The van der Waals surface area contributed by atoms with Crippen LogP contribution in [0.4, 0.5) is 13.2 Å². The molecular weight excluding hydrogens is 543 g/mol. The number of halogens is 3. The Bertz CT molecular complexity index is 1670. The van der Waals surface area contributed by atoms with Gasteiger partial charge in [0.2, 0.25) is 0 Å². The third-order valence-electron chi connectivity index (χ3n) is 5.79. The van der Waals surface area contributed by atoms with Crippen LogP contribution >= 0.6 is 0 Å². The number of carboxylic acids is 1. The predicted octanol–water partition coefficient (Wildman–Crippen LogP) is 3.68. The maximum atomic E-state index is 13.1. The fourth-order valence-electron chi connectivity index (χ4n) is 3.83. The first-order valence-electron chi connectivity index (χ1n) is 11.2. The zero-order chi connectivity index (χ0) is 28.4. The first-order chi connectivity index (χ1) is 18.4. The molecule has 3 aromatic carbocycles. The van der Waals surface area contributed by atoms with Gasteiger partial charge < -0.3 is 14.6 Å². The van der Waals surface area contributed by atoms with Gasteiger partial charge in [-0.05, 0) is 53.9 Å². The van der Waals surface area contributed by atoms with Crippen molar-refractivity contribution in [2.24, 2.45) is 0 Å². The largest absolute Gasteiger partial charge is 0.573 e. The molecular formula is C25H20F3N3O7S. The lowest BCUT2D eigenvalue weighted by molar-refractivity contribution is -0.274. The summed E-state index contributed by atoms with van der Waals surface area (Å²) in [5.74, 6) is -1.56. The van der Waals surface area contributed by atoms with Crippen molar-refractivity contribution in [1.29, 1.82) is 0 Å². The lowest BCUT2D eigenvalue weighted by Gasteiger charge is -2.15. The summed E-state index contributed by atoms with van der Waals surface area (Å²) >= 11 is 0. The van der Waals surface area contributed by atoms with E-state index in [9.17, 15) is 36.3 Å². The van der Waals surface area contributed by atoms with E-state index in [4.69, 9.17) is 4.74 Å². The number of benzene rings is 3. The van der Waals surface area contributed by atoms with E-state index in [1.807, 2.05) is 0 Å². The van der Waals surface area contributed by atoms with Crippen LogP contribution in [0.5, 0.6) is 11.5 Å². The number of carboxylic acid groups (broad SMARTS) is 1. The number of fused-ring (bicyclic) bond motifs is 1. The lowest BCUT2D eigenvalue weighted by atomic mass is 10.1. The molecule has 0 saturated carbocycles. The van der Waals surface area contributed by atoms with Crippen LogP contribution < -0.4 is 15.0 Å². The van der Waals surface area contributed by atoms with Crippen LogP contribution in [0.2, 0.25) is 0 Å². The Hall–Kier alpha value is -4.46. The molecule has 4 rings (SSSR count). The number of rotatable bonds is 9. The molecule has 0 radical (unpaired) electrons. The van der Waals surface area contributed by atoms with Crippen molar-refractivity contribution in [3.8, 4) is 22.6 Å². The van der Waals surface area contributed by atoms with Crippen LogP contribution in [0.3, 0.4) is 0 Å². The molecule has 0 aliphatic rings. The average Bonchev–Trinajstić information content (AvgIpc) is 2.89. The first kappa shape index (κ1) is 27.6. The third kappa shape index (κ3) is 6.17. The number of carbonyl (C=O) groups is 1. The van der Waals surface area contributed by atoms with Crippen molar-refractivity contribution in [3.05, 3.63) is 77.1 Å². The second kappa shape index (κ2) is 10.7. The van der Waals surface area contributed by atoms with Gasteiger partial charge in [0.1, 0.15) is 17.0 Å². The summed E-state index contributed by atoms with van der Waals surface area (Å²) in [6, 6.07) is 14.7. The highest BCUT2D eigenvalue weighted by molar-refractivity contribution is 7.92. The Morgan fingerprint density at radius 3 is 2.15 bits per heavy atom. The summed E-state index contributed by atoms with van der Waals surface area (Å²) < 4.78 is 73.2. The molecule has 1 unspecified atom stereocenters. The van der Waals surface area contributed by atoms with E-state index in [1.165, 1.54) is 55.6 Å². The number of methoxy groups -OCH3 is 1. The van der Waals surface area contributed by atoms with Crippen molar-refractivity contribution in [2.75, 3.05) is 7.11 Å². The van der Waals surface area contributed by atoms with Gasteiger partial charge in [-0.15, -0.1) is 18.3 Å². The number of sulfone groups is 1. The van der Waals surface area contributed by atoms with Gasteiger partial charge >= 0.3 is 12.3 Å². The van der Waals surface area contributed by atoms with Crippen LogP contribution in [-0.2, 0) is 21.2 Å². The maximum absolute atomic E-state index is 13.1. The Labute approximate surface area is 219 Å². The summed E-state index contributed by atoms with van der Waals surface area (Å²) in [6.45, 7) is -0.325. The number of aromatic nitrogens is 3. The van der Waals surface area contributed by atoms with Gasteiger partial charge in [0.25, 0.3) is 5.56 Å². The molecule has 0 aliphatic heterocycles. The van der Waals surface area contributed by atoms with Crippen LogP contribution in [0.15, 0.2) is 76.4 Å². The van der Waals surface area contributed by atoms with E-state index in [0.717, 1.165) is 16.8 Å². The van der Waals surface area contributed by atoms with Crippen molar-refractivity contribution in [3.63, 3.8) is 0 Å². The quantitative estimate of drug-likeness (QED) is 0.323. The molecule has 4 aromatic rings. The van der Waals surface area contributed by atoms with E-state index in [0.29, 0.717) is 16.9 Å². The zero-order valence-electron chi connectivity index (χ0n) is 20.1. The highest BCUT2D eigenvalue weighted by Crippen LogP contribution is 2.28. The fourth-order valence-corrected chi connectivity index (χ4v) is 5.36. The molecule has 1 atom stereocenters. The number of ether oxygens (including phenoxy) is 2. The highest BCUT2D eigenvalue weighted by Gasteiger charge is 2.34. The van der Waals surface area contributed by atoms with Crippen molar-refractivity contribution < 1.29 is 41.0 Å². The number of hydrogen-bond donors (Lipinski definition) is 1. The predicted molar refractivity (Wildman–Crippen MR) is 132 cm³/mol. The molecule has 0 saturated heterocycles. The van der Waals surface area contributed by atoms with Crippen LogP contribution in [0, 0.1) is 0 Å². The van der Waals surface area contributed by atoms with Gasteiger partial charge in [0.05, 0.1) is 17.4 Å². The number of hydrogen-bond acceptors (Lipinski definition) is 8. The van der Waals surface area contributed by atoms with Gasteiger partial charge in [-0.3, -0.25) is 9.59 Å². The minimum absolute atomic E-state index is 0.203. The van der Waals surface area contributed by atoms with Crippen LogP contribution in [0.25, 0.3) is 22.0 Å². The SMILES string of the molecule is COc1ccc2c(=O)n(CCC(C(=O)O)S(=O)(=O)c3ccc(-c4ccc(OC(F)(F)F)cc4)cc3)nnc2c1. The lowest BCUT2D eigenvalue weighted by Crippen LogP contribution is -2.34. The molecule has 39 heavy (non-hydrogen) atoms. The Morgan fingerprint density at radius 1 is 1.00 bits per heavy atom. The van der Waals surface area contributed by atoms with Gasteiger partial charge in [-0.2, -0.15) is 0 Å². The minimum Gasteiger partial charge on any atom is -0.497 e. The molecule has 10 nitrogen and oxygen atoms in total. The second-order valence-corrected chi connectivity index (χ2v) is 10.4. The number of nitrogens with zero attached hydrogens (tertiary/aromatic N) is 3. The molecule has 14 heteroatoms. The van der Waals surface area contributed by atoms with Gasteiger partial charge in [0, 0.05) is 12.6 Å². The number of aliphatic carboxylic acids is 1. The summed E-state index contributed by atoms with van der Waals surface area (Å²) in [5.41, 5.74) is 0.657. The first-order valence-corrected chi connectivity index (χ1v) is 12.8. The van der Waals surface area contributed by atoms with E-state index in [-0.39, 0.29) is 22.3 Å². The van der Waals surface area contributed by atoms with E-state index in [1.54, 1.807) is 6.07 Å². The van der Waals surface area contributed by atoms with Gasteiger partial charge in [-0.25, -0.2) is 13.1 Å². The highest BCUT2D eigenvalue weighted by atomic mass is 32.2. The van der Waals surface area contributed by atoms with Gasteiger partial charge in [-0.1, -0.05) is 29.5 Å². The van der Waals surface area contributed by atoms with Crippen molar-refractivity contribution in [2.45, 2.75) is 29.5 Å². The van der Waals surface area contributed by atoms with E-state index in [2.05, 4.69) is 15.0 Å². The Morgan fingerprint density at radius 2 is 1.59 bits per heavy atom. The monoisotopic (exact) mass is 563 g/mol.